The molecular weight excluding hydrogens is 284 g/mol. The molecule has 6 nitrogen and oxygen atoms in total. The van der Waals surface area contributed by atoms with Crippen LogP contribution in [0.2, 0.25) is 0 Å². The van der Waals surface area contributed by atoms with E-state index in [4.69, 9.17) is 5.11 Å². The molecule has 2 amide bonds. The Labute approximate surface area is 129 Å². The number of hydrogen-bond donors (Lipinski definition) is 2. The van der Waals surface area contributed by atoms with E-state index >= 15 is 0 Å². The van der Waals surface area contributed by atoms with E-state index in [1.165, 1.54) is 4.90 Å². The second-order valence-electron chi connectivity index (χ2n) is 5.80. The first-order chi connectivity index (χ1) is 10.4. The summed E-state index contributed by atoms with van der Waals surface area (Å²) >= 11 is 0. The van der Waals surface area contributed by atoms with E-state index in [1.54, 1.807) is 38.4 Å². The standard InChI is InChI=1S/C16H20N2O4/c1-18(2)15(20)11-5-3-10(4-6-11)14(19)17-13-8-7-12(9-13)16(21)22/h3-6,12-13H,7-9H2,1-2H3,(H,17,19)(H,21,22)/t12-,13+/m0/s1. The van der Waals surface area contributed by atoms with Crippen LogP contribution in [0.15, 0.2) is 24.3 Å². The van der Waals surface area contributed by atoms with Crippen LogP contribution >= 0.6 is 0 Å². The van der Waals surface area contributed by atoms with Crippen molar-refractivity contribution in [2.75, 3.05) is 14.1 Å². The molecule has 2 rings (SSSR count). The van der Waals surface area contributed by atoms with Gasteiger partial charge in [0.25, 0.3) is 11.8 Å². The van der Waals surface area contributed by atoms with Crippen molar-refractivity contribution in [3.8, 4) is 0 Å². The molecule has 118 valence electrons. The smallest absolute Gasteiger partial charge is 0.306 e. The van der Waals surface area contributed by atoms with Crippen LogP contribution in [-0.2, 0) is 4.79 Å². The second-order valence-corrected chi connectivity index (χ2v) is 5.80. The summed E-state index contributed by atoms with van der Waals surface area (Å²) in [6, 6.07) is 6.35. The van der Waals surface area contributed by atoms with Gasteiger partial charge in [-0.15, -0.1) is 0 Å². The fourth-order valence-corrected chi connectivity index (χ4v) is 2.63. The number of rotatable bonds is 4. The highest BCUT2D eigenvalue weighted by molar-refractivity contribution is 5.97. The van der Waals surface area contributed by atoms with E-state index in [1.807, 2.05) is 0 Å². The van der Waals surface area contributed by atoms with E-state index in [-0.39, 0.29) is 23.8 Å². The Hall–Kier alpha value is -2.37. The number of carboxylic acids is 1. The van der Waals surface area contributed by atoms with Crippen LogP contribution in [-0.4, -0.2) is 47.9 Å². The lowest BCUT2D eigenvalue weighted by Gasteiger charge is -2.13. The van der Waals surface area contributed by atoms with Crippen molar-refractivity contribution in [3.63, 3.8) is 0 Å². The molecule has 0 bridgehead atoms. The van der Waals surface area contributed by atoms with Crippen molar-refractivity contribution in [2.24, 2.45) is 5.92 Å². The van der Waals surface area contributed by atoms with Crippen LogP contribution < -0.4 is 5.32 Å². The molecule has 0 heterocycles. The largest absolute Gasteiger partial charge is 0.481 e. The van der Waals surface area contributed by atoms with Gasteiger partial charge >= 0.3 is 5.97 Å². The average Bonchev–Trinajstić information content (AvgIpc) is 2.95. The monoisotopic (exact) mass is 304 g/mol. The Kier molecular flexibility index (Phi) is 4.80. The van der Waals surface area contributed by atoms with Crippen molar-refractivity contribution in [3.05, 3.63) is 35.4 Å². The number of carboxylic acid groups (broad SMARTS) is 1. The van der Waals surface area contributed by atoms with Crippen LogP contribution in [0.4, 0.5) is 0 Å². The molecule has 0 unspecified atom stereocenters. The summed E-state index contributed by atoms with van der Waals surface area (Å²) in [7, 11) is 3.34. The number of nitrogens with one attached hydrogen (secondary N) is 1. The molecule has 0 aliphatic heterocycles. The Morgan fingerprint density at radius 3 is 2.18 bits per heavy atom. The molecule has 0 spiro atoms. The predicted octanol–water partition coefficient (Wildman–Crippen LogP) is 1.37. The summed E-state index contributed by atoms with van der Waals surface area (Å²) in [6.45, 7) is 0. The van der Waals surface area contributed by atoms with Gasteiger partial charge in [-0.2, -0.15) is 0 Å². The molecule has 0 aromatic heterocycles. The quantitative estimate of drug-likeness (QED) is 0.879. The summed E-state index contributed by atoms with van der Waals surface area (Å²) in [5.74, 6) is -1.53. The Bertz CT molecular complexity index is 580. The third-order valence-electron chi connectivity index (χ3n) is 3.92. The van der Waals surface area contributed by atoms with E-state index in [2.05, 4.69) is 5.32 Å². The first kappa shape index (κ1) is 16.0. The van der Waals surface area contributed by atoms with Gasteiger partial charge in [-0.25, -0.2) is 0 Å². The molecule has 0 radical (unpaired) electrons. The minimum absolute atomic E-state index is 0.100. The topological polar surface area (TPSA) is 86.7 Å². The van der Waals surface area contributed by atoms with Gasteiger partial charge in [0.05, 0.1) is 5.92 Å². The lowest BCUT2D eigenvalue weighted by Crippen LogP contribution is -2.33. The maximum Gasteiger partial charge on any atom is 0.306 e. The van der Waals surface area contributed by atoms with E-state index in [9.17, 15) is 14.4 Å². The summed E-state index contributed by atoms with van der Waals surface area (Å²) in [5, 5.41) is 11.8. The highest BCUT2D eigenvalue weighted by Gasteiger charge is 2.30. The SMILES string of the molecule is CN(C)C(=O)c1ccc(C(=O)N[C@@H]2CC[C@H](C(=O)O)C2)cc1. The highest BCUT2D eigenvalue weighted by Crippen LogP contribution is 2.25. The number of amides is 2. The third-order valence-corrected chi connectivity index (χ3v) is 3.92. The molecule has 1 aromatic rings. The zero-order valence-corrected chi connectivity index (χ0v) is 12.7. The molecule has 1 aliphatic rings. The maximum atomic E-state index is 12.1. The number of aliphatic carboxylic acids is 1. The molecule has 6 heteroatoms. The van der Waals surface area contributed by atoms with E-state index < -0.39 is 5.97 Å². The Morgan fingerprint density at radius 1 is 1.09 bits per heavy atom. The summed E-state index contributed by atoms with van der Waals surface area (Å²) in [6.07, 6.45) is 1.74. The van der Waals surface area contributed by atoms with Gasteiger partial charge in [-0.05, 0) is 43.5 Å². The molecular formula is C16H20N2O4. The maximum absolute atomic E-state index is 12.1. The summed E-state index contributed by atoms with van der Waals surface area (Å²) in [5.41, 5.74) is 0.988. The molecule has 2 N–H and O–H groups in total. The van der Waals surface area contributed by atoms with Gasteiger partial charge < -0.3 is 15.3 Å². The second kappa shape index (κ2) is 6.60. The van der Waals surface area contributed by atoms with Gasteiger partial charge in [-0.1, -0.05) is 0 Å². The third kappa shape index (κ3) is 3.63. The summed E-state index contributed by atoms with van der Waals surface area (Å²) < 4.78 is 0. The number of carbonyl (C=O) groups is 3. The molecule has 0 saturated heterocycles. The van der Waals surface area contributed by atoms with Crippen LogP contribution in [0.3, 0.4) is 0 Å². The van der Waals surface area contributed by atoms with Gasteiger partial charge in [0.2, 0.25) is 0 Å². The summed E-state index contributed by atoms with van der Waals surface area (Å²) in [4.78, 5) is 36.3. The van der Waals surface area contributed by atoms with E-state index in [0.717, 1.165) is 0 Å². The fraction of sp³-hybridized carbons (Fsp3) is 0.438. The van der Waals surface area contributed by atoms with Crippen LogP contribution in [0.1, 0.15) is 40.0 Å². The molecule has 1 saturated carbocycles. The number of nitrogens with zero attached hydrogens (tertiary/aromatic N) is 1. The van der Waals surface area contributed by atoms with Crippen molar-refractivity contribution in [2.45, 2.75) is 25.3 Å². The van der Waals surface area contributed by atoms with Crippen LogP contribution in [0.25, 0.3) is 0 Å². The lowest BCUT2D eigenvalue weighted by atomic mass is 10.1. The van der Waals surface area contributed by atoms with E-state index in [0.29, 0.717) is 30.4 Å². The molecule has 1 aromatic carbocycles. The normalized spacial score (nSPS) is 20.5. The van der Waals surface area contributed by atoms with Crippen molar-refractivity contribution < 1.29 is 19.5 Å². The highest BCUT2D eigenvalue weighted by atomic mass is 16.4. The van der Waals surface area contributed by atoms with Gasteiger partial charge in [0.15, 0.2) is 0 Å². The van der Waals surface area contributed by atoms with Gasteiger partial charge in [0, 0.05) is 31.3 Å². The molecule has 22 heavy (non-hydrogen) atoms. The average molecular weight is 304 g/mol. The Morgan fingerprint density at radius 2 is 1.68 bits per heavy atom. The Balaban J connectivity index is 1.96. The first-order valence-corrected chi connectivity index (χ1v) is 7.24. The molecule has 1 aliphatic carbocycles. The van der Waals surface area contributed by atoms with Gasteiger partial charge in [0.1, 0.15) is 0 Å². The zero-order chi connectivity index (χ0) is 16.3. The predicted molar refractivity (Wildman–Crippen MR) is 80.7 cm³/mol. The fourth-order valence-electron chi connectivity index (χ4n) is 2.63. The van der Waals surface area contributed by atoms with Crippen LogP contribution in [0.5, 0.6) is 0 Å². The minimum Gasteiger partial charge on any atom is -0.481 e. The minimum atomic E-state index is -0.803. The van der Waals surface area contributed by atoms with Crippen LogP contribution in [0, 0.1) is 5.92 Å². The number of hydrogen-bond acceptors (Lipinski definition) is 3. The molecule has 2 atom stereocenters. The molecule has 1 fully saturated rings. The van der Waals surface area contributed by atoms with Crippen molar-refractivity contribution in [1.29, 1.82) is 0 Å². The van der Waals surface area contributed by atoms with Crippen molar-refractivity contribution >= 4 is 17.8 Å². The van der Waals surface area contributed by atoms with Gasteiger partial charge in [-0.3, -0.25) is 14.4 Å². The zero-order valence-electron chi connectivity index (χ0n) is 12.7. The lowest BCUT2D eigenvalue weighted by molar-refractivity contribution is -0.141. The number of benzene rings is 1. The van der Waals surface area contributed by atoms with Crippen molar-refractivity contribution in [1.82, 2.24) is 10.2 Å². The first-order valence-electron chi connectivity index (χ1n) is 7.24. The number of carbonyl (C=O) groups excluding carboxylic acids is 2.